The minimum atomic E-state index is -1.01. The number of rotatable bonds is 11. The van der Waals surface area contributed by atoms with Crippen molar-refractivity contribution >= 4 is 23.6 Å². The molecule has 0 spiro atoms. The second-order valence-electron chi connectivity index (χ2n) is 6.57. The van der Waals surface area contributed by atoms with Crippen molar-refractivity contribution in [2.75, 3.05) is 13.6 Å². The molecule has 0 saturated heterocycles. The lowest BCUT2D eigenvalue weighted by Gasteiger charge is -2.20. The van der Waals surface area contributed by atoms with Gasteiger partial charge in [-0.05, 0) is 32.9 Å². The average molecular weight is 391 g/mol. The molecule has 0 bridgehead atoms. The van der Waals surface area contributed by atoms with Gasteiger partial charge in [-0.2, -0.15) is 0 Å². The Morgan fingerprint density at radius 3 is 2.25 bits per heavy atom. The fourth-order valence-corrected chi connectivity index (χ4v) is 2.54. The van der Waals surface area contributed by atoms with Gasteiger partial charge in [-0.15, -0.1) is 0 Å². The van der Waals surface area contributed by atoms with E-state index in [-0.39, 0.29) is 6.10 Å². The summed E-state index contributed by atoms with van der Waals surface area (Å²) in [5.41, 5.74) is 0.557. The first kappa shape index (κ1) is 23.3. The third kappa shape index (κ3) is 7.48. The van der Waals surface area contributed by atoms with E-state index in [0.717, 1.165) is 6.42 Å². The van der Waals surface area contributed by atoms with E-state index in [0.29, 0.717) is 12.0 Å². The molecule has 2 amide bonds. The molecule has 2 unspecified atom stereocenters. The number of benzene rings is 1. The zero-order valence-corrected chi connectivity index (χ0v) is 16.8. The molecule has 0 aliphatic heterocycles. The van der Waals surface area contributed by atoms with Crippen molar-refractivity contribution in [3.63, 3.8) is 0 Å². The molecule has 0 saturated carbocycles. The van der Waals surface area contributed by atoms with Gasteiger partial charge in [0.05, 0.1) is 18.7 Å². The molecule has 0 radical (unpaired) electrons. The number of nitrogens with one attached hydrogen (secondary N) is 3. The zero-order valence-electron chi connectivity index (χ0n) is 16.8. The van der Waals surface area contributed by atoms with Crippen LogP contribution >= 0.6 is 0 Å². The monoisotopic (exact) mass is 391 g/mol. The van der Waals surface area contributed by atoms with Crippen molar-refractivity contribution in [3.05, 3.63) is 35.9 Å². The van der Waals surface area contributed by atoms with Crippen molar-refractivity contribution in [1.29, 1.82) is 0 Å². The standard InChI is InChI=1S/C20H29N3O5/c1-5-9-15(21-4)18(25)19(26)22-12-16(24)23-17(20(27)28-13(2)3)14-10-7-6-8-11-14/h6-8,10-11,13,15,17,21H,5,9,12H2,1-4H3,(H,22,26)(H,23,24). The number of carbonyl (C=O) groups is 4. The van der Waals surface area contributed by atoms with E-state index >= 15 is 0 Å². The van der Waals surface area contributed by atoms with Crippen molar-refractivity contribution < 1.29 is 23.9 Å². The SMILES string of the molecule is CCCC(NC)C(=O)C(=O)NCC(=O)NC(C(=O)OC(C)C)c1ccccc1. The Hall–Kier alpha value is -2.74. The molecule has 8 nitrogen and oxygen atoms in total. The fraction of sp³-hybridized carbons (Fsp3) is 0.500. The van der Waals surface area contributed by atoms with Crippen LogP contribution in [0.4, 0.5) is 0 Å². The maximum absolute atomic E-state index is 12.3. The van der Waals surface area contributed by atoms with Crippen LogP contribution < -0.4 is 16.0 Å². The van der Waals surface area contributed by atoms with Gasteiger partial charge >= 0.3 is 5.97 Å². The molecule has 0 fully saturated rings. The van der Waals surface area contributed by atoms with Crippen LogP contribution in [0.1, 0.15) is 45.2 Å². The summed E-state index contributed by atoms with van der Waals surface area (Å²) in [5, 5.41) is 7.63. The molecule has 28 heavy (non-hydrogen) atoms. The third-order valence-electron chi connectivity index (χ3n) is 3.90. The first-order valence-corrected chi connectivity index (χ1v) is 9.34. The van der Waals surface area contributed by atoms with E-state index < -0.39 is 42.2 Å². The highest BCUT2D eigenvalue weighted by atomic mass is 16.5. The normalized spacial score (nSPS) is 12.8. The number of hydrogen-bond acceptors (Lipinski definition) is 6. The molecular weight excluding hydrogens is 362 g/mol. The summed E-state index contributed by atoms with van der Waals surface area (Å²) in [7, 11) is 1.60. The van der Waals surface area contributed by atoms with E-state index in [1.165, 1.54) is 0 Å². The highest BCUT2D eigenvalue weighted by Gasteiger charge is 2.27. The van der Waals surface area contributed by atoms with Crippen LogP contribution in [0.15, 0.2) is 30.3 Å². The Kier molecular flexibility index (Phi) is 9.87. The first-order chi connectivity index (χ1) is 13.3. The largest absolute Gasteiger partial charge is 0.461 e. The molecule has 8 heteroatoms. The molecule has 0 heterocycles. The minimum absolute atomic E-state index is 0.343. The smallest absolute Gasteiger partial charge is 0.333 e. The highest BCUT2D eigenvalue weighted by molar-refractivity contribution is 6.38. The number of hydrogen-bond donors (Lipinski definition) is 3. The molecule has 154 valence electrons. The van der Waals surface area contributed by atoms with Gasteiger partial charge in [0.25, 0.3) is 5.91 Å². The maximum Gasteiger partial charge on any atom is 0.333 e. The molecule has 2 atom stereocenters. The number of likely N-dealkylation sites (N-methyl/N-ethyl adjacent to an activating group) is 1. The van der Waals surface area contributed by atoms with E-state index in [9.17, 15) is 19.2 Å². The minimum Gasteiger partial charge on any atom is -0.461 e. The van der Waals surface area contributed by atoms with E-state index in [4.69, 9.17) is 4.74 Å². The lowest BCUT2D eigenvalue weighted by Crippen LogP contribution is -2.47. The lowest BCUT2D eigenvalue weighted by molar-refractivity contribution is -0.151. The van der Waals surface area contributed by atoms with Gasteiger partial charge in [-0.3, -0.25) is 14.4 Å². The van der Waals surface area contributed by atoms with Gasteiger partial charge in [0, 0.05) is 0 Å². The van der Waals surface area contributed by atoms with Gasteiger partial charge in [0.1, 0.15) is 0 Å². The predicted octanol–water partition coefficient (Wildman–Crippen LogP) is 0.869. The van der Waals surface area contributed by atoms with Gasteiger partial charge in [0.2, 0.25) is 11.7 Å². The maximum atomic E-state index is 12.3. The summed E-state index contributed by atoms with van der Waals surface area (Å²) in [6.45, 7) is 4.90. The van der Waals surface area contributed by atoms with E-state index in [1.54, 1.807) is 51.2 Å². The Morgan fingerprint density at radius 1 is 1.07 bits per heavy atom. The Balaban J connectivity index is 2.72. The van der Waals surface area contributed by atoms with Crippen LogP contribution in [-0.4, -0.2) is 49.3 Å². The average Bonchev–Trinajstić information content (AvgIpc) is 2.67. The predicted molar refractivity (Wildman–Crippen MR) is 104 cm³/mol. The molecular formula is C20H29N3O5. The van der Waals surface area contributed by atoms with E-state index in [1.807, 2.05) is 6.92 Å². The van der Waals surface area contributed by atoms with Gasteiger partial charge in [-0.25, -0.2) is 4.79 Å². The van der Waals surface area contributed by atoms with Crippen LogP contribution in [0.2, 0.25) is 0 Å². The van der Waals surface area contributed by atoms with E-state index in [2.05, 4.69) is 16.0 Å². The van der Waals surface area contributed by atoms with Crippen molar-refractivity contribution in [1.82, 2.24) is 16.0 Å². The topological polar surface area (TPSA) is 114 Å². The highest BCUT2D eigenvalue weighted by Crippen LogP contribution is 2.15. The third-order valence-corrected chi connectivity index (χ3v) is 3.90. The summed E-state index contributed by atoms with van der Waals surface area (Å²) in [4.78, 5) is 48.7. The summed E-state index contributed by atoms with van der Waals surface area (Å²) in [6, 6.07) is 7.05. The summed E-state index contributed by atoms with van der Waals surface area (Å²) in [6.07, 6.45) is 0.915. The first-order valence-electron chi connectivity index (χ1n) is 9.34. The molecule has 3 N–H and O–H groups in total. The number of ether oxygens (including phenoxy) is 1. The summed E-state index contributed by atoms with van der Waals surface area (Å²) >= 11 is 0. The number of esters is 1. The number of Topliss-reactive ketones (excluding diaryl/α,β-unsaturated/α-hetero) is 1. The quantitative estimate of drug-likeness (QED) is 0.381. The van der Waals surface area contributed by atoms with Crippen LogP contribution in [0.25, 0.3) is 0 Å². The summed E-state index contributed by atoms with van der Waals surface area (Å²) in [5.74, 6) is -2.68. The Bertz CT molecular complexity index is 676. The number of carbonyl (C=O) groups excluding carboxylic acids is 4. The molecule has 1 aromatic rings. The molecule has 0 aliphatic rings. The molecule has 0 aliphatic carbocycles. The second-order valence-corrected chi connectivity index (χ2v) is 6.57. The van der Waals surface area contributed by atoms with Crippen LogP contribution in [0.3, 0.4) is 0 Å². The Morgan fingerprint density at radius 2 is 1.71 bits per heavy atom. The number of amides is 2. The molecule has 1 aromatic carbocycles. The second kappa shape index (κ2) is 11.9. The Labute approximate surface area is 165 Å². The summed E-state index contributed by atoms with van der Waals surface area (Å²) < 4.78 is 5.20. The lowest BCUT2D eigenvalue weighted by atomic mass is 10.1. The fourth-order valence-electron chi connectivity index (χ4n) is 2.54. The molecule has 1 rings (SSSR count). The van der Waals surface area contributed by atoms with Crippen LogP contribution in [0, 0.1) is 0 Å². The van der Waals surface area contributed by atoms with Crippen LogP contribution in [-0.2, 0) is 23.9 Å². The molecule has 0 aromatic heterocycles. The van der Waals surface area contributed by atoms with Gasteiger partial charge < -0.3 is 20.7 Å². The van der Waals surface area contributed by atoms with Crippen molar-refractivity contribution in [2.24, 2.45) is 0 Å². The zero-order chi connectivity index (χ0) is 21.1. The van der Waals surface area contributed by atoms with Gasteiger partial charge in [0.15, 0.2) is 6.04 Å². The number of ketones is 1. The van der Waals surface area contributed by atoms with Crippen LogP contribution in [0.5, 0.6) is 0 Å². The van der Waals surface area contributed by atoms with Crippen molar-refractivity contribution in [2.45, 2.75) is 51.8 Å². The van der Waals surface area contributed by atoms with Gasteiger partial charge in [-0.1, -0.05) is 43.7 Å². The van der Waals surface area contributed by atoms with Crippen molar-refractivity contribution in [3.8, 4) is 0 Å².